The molecule has 0 atom stereocenters. The van der Waals surface area contributed by atoms with Gasteiger partial charge < -0.3 is 10.6 Å². The van der Waals surface area contributed by atoms with E-state index in [1.165, 1.54) is 32.1 Å². The Bertz CT molecular complexity index is 507. The average molecular weight is 288 g/mol. The molecule has 0 saturated heterocycles. The second-order valence-corrected chi connectivity index (χ2v) is 5.44. The van der Waals surface area contributed by atoms with E-state index in [9.17, 15) is 4.79 Å². The van der Waals surface area contributed by atoms with Gasteiger partial charge in [0, 0.05) is 12.1 Å². The molecule has 1 aromatic rings. The normalized spacial score (nSPS) is 16.1. The molecule has 1 saturated carbocycles. The van der Waals surface area contributed by atoms with Crippen LogP contribution in [0.25, 0.3) is 6.08 Å². The molecule has 1 heterocycles. The fourth-order valence-electron chi connectivity index (χ4n) is 2.74. The Kier molecular flexibility index (Phi) is 5.72. The highest BCUT2D eigenvalue weighted by atomic mass is 16.1. The van der Waals surface area contributed by atoms with Crippen LogP contribution in [0.5, 0.6) is 0 Å². The van der Waals surface area contributed by atoms with Gasteiger partial charge in [-0.15, -0.1) is 0 Å². The van der Waals surface area contributed by atoms with Gasteiger partial charge >= 0.3 is 0 Å². The Balaban J connectivity index is 2.23. The molecule has 0 bridgehead atoms. The molecule has 0 aliphatic heterocycles. The zero-order chi connectivity index (χ0) is 15.1. The first-order chi connectivity index (χ1) is 10.2. The number of nitrogens with zero attached hydrogens (tertiary/aromatic N) is 2. The van der Waals surface area contributed by atoms with Crippen LogP contribution in [0.15, 0.2) is 6.08 Å². The van der Waals surface area contributed by atoms with Crippen LogP contribution < -0.4 is 10.6 Å². The number of aromatic nitrogens is 2. The van der Waals surface area contributed by atoms with Gasteiger partial charge in [-0.2, -0.15) is 4.98 Å². The fourth-order valence-corrected chi connectivity index (χ4v) is 2.74. The summed E-state index contributed by atoms with van der Waals surface area (Å²) in [6.07, 6.45) is 11.4. The molecule has 1 aromatic heterocycles. The van der Waals surface area contributed by atoms with Crippen molar-refractivity contribution >= 4 is 24.3 Å². The van der Waals surface area contributed by atoms with E-state index in [0.717, 1.165) is 17.8 Å². The molecule has 0 unspecified atom stereocenters. The van der Waals surface area contributed by atoms with Crippen LogP contribution >= 0.6 is 0 Å². The highest BCUT2D eigenvalue weighted by molar-refractivity contribution is 5.77. The largest absolute Gasteiger partial charge is 0.354 e. The molecule has 5 nitrogen and oxygen atoms in total. The number of allylic oxidation sites excluding steroid dienone is 1. The van der Waals surface area contributed by atoms with Crippen molar-refractivity contribution in [2.75, 3.05) is 17.2 Å². The summed E-state index contributed by atoms with van der Waals surface area (Å²) in [5.74, 6) is 1.75. The molecule has 2 N–H and O–H groups in total. The highest BCUT2D eigenvalue weighted by Gasteiger charge is 2.12. The van der Waals surface area contributed by atoms with E-state index in [0.29, 0.717) is 24.1 Å². The minimum absolute atomic E-state index is 0.550. The Labute approximate surface area is 126 Å². The molecule has 1 aliphatic carbocycles. The zero-order valence-electron chi connectivity index (χ0n) is 12.9. The second-order valence-electron chi connectivity index (χ2n) is 5.44. The Morgan fingerprint density at radius 3 is 2.67 bits per heavy atom. The summed E-state index contributed by atoms with van der Waals surface area (Å²) < 4.78 is 0. The van der Waals surface area contributed by atoms with Crippen LogP contribution in [0.1, 0.15) is 50.3 Å². The molecular weight excluding hydrogens is 264 g/mol. The Morgan fingerprint density at radius 2 is 2.00 bits per heavy atom. The molecule has 0 aromatic carbocycles. The van der Waals surface area contributed by atoms with Crippen molar-refractivity contribution in [1.29, 1.82) is 0 Å². The lowest BCUT2D eigenvalue weighted by Crippen LogP contribution is -2.09. The minimum Gasteiger partial charge on any atom is -0.354 e. The Hall–Kier alpha value is -1.91. The highest BCUT2D eigenvalue weighted by Crippen LogP contribution is 2.27. The maximum absolute atomic E-state index is 10.8. The van der Waals surface area contributed by atoms with Gasteiger partial charge in [-0.25, -0.2) is 4.98 Å². The first-order valence-electron chi connectivity index (χ1n) is 7.75. The molecule has 5 heteroatoms. The van der Waals surface area contributed by atoms with Gasteiger partial charge in [0.15, 0.2) is 0 Å². The van der Waals surface area contributed by atoms with Gasteiger partial charge in [0.25, 0.3) is 0 Å². The average Bonchev–Trinajstić information content (AvgIpc) is 2.48. The van der Waals surface area contributed by atoms with E-state index in [1.54, 1.807) is 0 Å². The SMILES string of the molecule is CCNc1nc(C)c(/C=C\C2CCCCC2)c(NC=O)n1. The molecule has 1 aliphatic rings. The van der Waals surface area contributed by atoms with Gasteiger partial charge in [0.2, 0.25) is 12.4 Å². The molecule has 1 fully saturated rings. The number of hydrogen-bond donors (Lipinski definition) is 2. The number of hydrogen-bond acceptors (Lipinski definition) is 4. The molecule has 1 amide bonds. The van der Waals surface area contributed by atoms with E-state index >= 15 is 0 Å². The molecule has 0 spiro atoms. The molecule has 0 radical (unpaired) electrons. The lowest BCUT2D eigenvalue weighted by Gasteiger charge is -2.18. The van der Waals surface area contributed by atoms with Crippen LogP contribution in [0.3, 0.4) is 0 Å². The predicted molar refractivity (Wildman–Crippen MR) is 86.2 cm³/mol. The van der Waals surface area contributed by atoms with Crippen molar-refractivity contribution in [1.82, 2.24) is 9.97 Å². The summed E-state index contributed by atoms with van der Waals surface area (Å²) in [5.41, 5.74) is 1.77. The summed E-state index contributed by atoms with van der Waals surface area (Å²) in [6.45, 7) is 4.68. The minimum atomic E-state index is 0.550. The topological polar surface area (TPSA) is 66.9 Å². The summed E-state index contributed by atoms with van der Waals surface area (Å²) >= 11 is 0. The zero-order valence-corrected chi connectivity index (χ0v) is 12.9. The number of carbonyl (C=O) groups is 1. The first kappa shape index (κ1) is 15.5. The number of carbonyl (C=O) groups excluding carboxylic acids is 1. The summed E-state index contributed by atoms with van der Waals surface area (Å²) in [6, 6.07) is 0. The van der Waals surface area contributed by atoms with E-state index in [4.69, 9.17) is 0 Å². The number of amides is 1. The quantitative estimate of drug-likeness (QED) is 0.787. The first-order valence-corrected chi connectivity index (χ1v) is 7.75. The van der Waals surface area contributed by atoms with Crippen LogP contribution in [-0.4, -0.2) is 22.9 Å². The van der Waals surface area contributed by atoms with Crippen molar-refractivity contribution < 1.29 is 4.79 Å². The smallest absolute Gasteiger partial charge is 0.224 e. The van der Waals surface area contributed by atoms with Crippen LogP contribution in [-0.2, 0) is 4.79 Å². The van der Waals surface area contributed by atoms with Gasteiger partial charge in [-0.1, -0.05) is 31.4 Å². The lowest BCUT2D eigenvalue weighted by atomic mass is 9.89. The fraction of sp³-hybridized carbons (Fsp3) is 0.562. The van der Waals surface area contributed by atoms with Crippen molar-refractivity contribution in [3.63, 3.8) is 0 Å². The summed E-state index contributed by atoms with van der Waals surface area (Å²) in [5, 5.41) is 5.76. The van der Waals surface area contributed by atoms with Crippen molar-refractivity contribution in [3.05, 3.63) is 17.3 Å². The molecular formula is C16H24N4O. The van der Waals surface area contributed by atoms with Gasteiger partial charge in [-0.3, -0.25) is 4.79 Å². The maximum Gasteiger partial charge on any atom is 0.224 e. The van der Waals surface area contributed by atoms with Crippen molar-refractivity contribution in [3.8, 4) is 0 Å². The monoisotopic (exact) mass is 288 g/mol. The third-order valence-corrected chi connectivity index (χ3v) is 3.85. The van der Waals surface area contributed by atoms with Gasteiger partial charge in [0.1, 0.15) is 5.82 Å². The third-order valence-electron chi connectivity index (χ3n) is 3.85. The number of nitrogens with one attached hydrogen (secondary N) is 2. The van der Waals surface area contributed by atoms with E-state index in [1.807, 2.05) is 13.8 Å². The van der Waals surface area contributed by atoms with E-state index in [-0.39, 0.29) is 0 Å². The van der Waals surface area contributed by atoms with Crippen LogP contribution in [0.4, 0.5) is 11.8 Å². The van der Waals surface area contributed by atoms with Gasteiger partial charge in [0.05, 0.1) is 5.69 Å². The van der Waals surface area contributed by atoms with E-state index in [2.05, 4.69) is 32.8 Å². The predicted octanol–water partition coefficient (Wildman–Crippen LogP) is 3.38. The molecule has 114 valence electrons. The number of aryl methyl sites for hydroxylation is 1. The van der Waals surface area contributed by atoms with Crippen molar-refractivity contribution in [2.24, 2.45) is 5.92 Å². The number of anilines is 2. The molecule has 2 rings (SSSR count). The van der Waals surface area contributed by atoms with Crippen LogP contribution in [0, 0.1) is 12.8 Å². The summed E-state index contributed by atoms with van der Waals surface area (Å²) in [7, 11) is 0. The third kappa shape index (κ3) is 4.28. The lowest BCUT2D eigenvalue weighted by molar-refractivity contribution is -0.105. The molecule has 21 heavy (non-hydrogen) atoms. The van der Waals surface area contributed by atoms with Gasteiger partial charge in [-0.05, 0) is 32.6 Å². The standard InChI is InChI=1S/C16H24N4O/c1-3-17-16-19-12(2)14(15(20-16)18-11-21)10-9-13-7-5-4-6-8-13/h9-11,13H,3-8H2,1-2H3,(H2,17,18,19,20,21)/b10-9-. The van der Waals surface area contributed by atoms with Crippen LogP contribution in [0.2, 0.25) is 0 Å². The summed E-state index contributed by atoms with van der Waals surface area (Å²) in [4.78, 5) is 19.6. The Morgan fingerprint density at radius 1 is 1.24 bits per heavy atom. The van der Waals surface area contributed by atoms with E-state index < -0.39 is 0 Å². The second kappa shape index (κ2) is 7.76. The maximum atomic E-state index is 10.8. The van der Waals surface area contributed by atoms with Crippen molar-refractivity contribution in [2.45, 2.75) is 46.0 Å². The number of rotatable bonds is 6.